The first-order valence-corrected chi connectivity index (χ1v) is 11.3. The van der Waals surface area contributed by atoms with E-state index >= 15 is 0 Å². The highest BCUT2D eigenvalue weighted by atomic mass is 32.2. The van der Waals surface area contributed by atoms with Crippen molar-refractivity contribution in [2.75, 3.05) is 37.6 Å². The van der Waals surface area contributed by atoms with E-state index in [4.69, 9.17) is 4.42 Å². The monoisotopic (exact) mass is 433 g/mol. The minimum Gasteiger partial charge on any atom is -0.459 e. The molecule has 1 aromatic heterocycles. The van der Waals surface area contributed by atoms with Crippen LogP contribution in [-0.2, 0) is 4.79 Å². The highest BCUT2D eigenvalue weighted by molar-refractivity contribution is 7.99. The molecule has 0 N–H and O–H groups in total. The van der Waals surface area contributed by atoms with Crippen LogP contribution in [0.25, 0.3) is 0 Å². The van der Waals surface area contributed by atoms with Crippen LogP contribution in [-0.4, -0.2) is 54.3 Å². The van der Waals surface area contributed by atoms with E-state index in [9.17, 15) is 9.59 Å². The Hall–Kier alpha value is -3.19. The number of amides is 2. The van der Waals surface area contributed by atoms with E-state index in [1.165, 1.54) is 16.1 Å². The number of hydrogen-bond acceptors (Lipinski definition) is 5. The largest absolute Gasteiger partial charge is 0.459 e. The summed E-state index contributed by atoms with van der Waals surface area (Å²) in [6, 6.07) is 20.0. The van der Waals surface area contributed by atoms with E-state index in [0.717, 1.165) is 11.4 Å². The molecule has 6 nitrogen and oxygen atoms in total. The second kappa shape index (κ2) is 8.51. The number of furan rings is 1. The summed E-state index contributed by atoms with van der Waals surface area (Å²) in [5.41, 5.74) is 2.29. The van der Waals surface area contributed by atoms with Gasteiger partial charge >= 0.3 is 0 Å². The molecule has 2 aliphatic heterocycles. The molecule has 0 saturated carbocycles. The fraction of sp³-hybridized carbons (Fsp3) is 0.250. The molecule has 0 unspecified atom stereocenters. The number of carbonyl (C=O) groups is 2. The standard InChI is InChI=1S/C24H23N3O3S/c28-23(25-13-15-26(16-14-25)24(29)20-8-5-17-30-20)11-12-27-18-6-1-3-9-21(18)31-22-10-4-2-7-19(22)27/h1-10,17H,11-16H2. The summed E-state index contributed by atoms with van der Waals surface area (Å²) < 4.78 is 5.21. The first-order chi connectivity index (χ1) is 15.2. The van der Waals surface area contributed by atoms with Crippen molar-refractivity contribution >= 4 is 35.0 Å². The molecule has 0 radical (unpaired) electrons. The highest BCUT2D eigenvalue weighted by Gasteiger charge is 2.27. The van der Waals surface area contributed by atoms with Crippen molar-refractivity contribution in [3.05, 3.63) is 72.7 Å². The van der Waals surface area contributed by atoms with Gasteiger partial charge in [-0.25, -0.2) is 0 Å². The number of hydrogen-bond donors (Lipinski definition) is 0. The molecular weight excluding hydrogens is 410 g/mol. The number of benzene rings is 2. The first-order valence-electron chi connectivity index (χ1n) is 10.4. The Morgan fingerprint density at radius 3 is 2.03 bits per heavy atom. The average molecular weight is 434 g/mol. The molecule has 1 saturated heterocycles. The fourth-order valence-corrected chi connectivity index (χ4v) is 5.20. The van der Waals surface area contributed by atoms with Gasteiger partial charge in [0, 0.05) is 48.9 Å². The van der Waals surface area contributed by atoms with Gasteiger partial charge in [0.05, 0.1) is 17.6 Å². The lowest BCUT2D eigenvalue weighted by atomic mass is 10.2. The third-order valence-corrected chi connectivity index (χ3v) is 6.86. The zero-order chi connectivity index (χ0) is 21.2. The Kier molecular flexibility index (Phi) is 5.42. The van der Waals surface area contributed by atoms with E-state index in [-0.39, 0.29) is 11.8 Å². The number of anilines is 2. The van der Waals surface area contributed by atoms with Crippen LogP contribution in [0.4, 0.5) is 11.4 Å². The van der Waals surface area contributed by atoms with Gasteiger partial charge in [0.25, 0.3) is 5.91 Å². The predicted molar refractivity (Wildman–Crippen MR) is 120 cm³/mol. The number of nitrogens with zero attached hydrogens (tertiary/aromatic N) is 3. The van der Waals surface area contributed by atoms with Crippen LogP contribution >= 0.6 is 11.8 Å². The molecule has 3 heterocycles. The topological polar surface area (TPSA) is 57.0 Å². The molecule has 0 aliphatic carbocycles. The zero-order valence-corrected chi connectivity index (χ0v) is 17.9. The third-order valence-electron chi connectivity index (χ3n) is 5.73. The maximum atomic E-state index is 12.9. The van der Waals surface area contributed by atoms with Gasteiger partial charge in [0.15, 0.2) is 5.76 Å². The second-order valence-electron chi connectivity index (χ2n) is 7.59. The van der Waals surface area contributed by atoms with Crippen molar-refractivity contribution in [3.8, 4) is 0 Å². The van der Waals surface area contributed by atoms with Gasteiger partial charge in [-0.2, -0.15) is 0 Å². The molecule has 0 atom stereocenters. The Bertz CT molecular complexity index is 1050. The smallest absolute Gasteiger partial charge is 0.289 e. The van der Waals surface area contributed by atoms with E-state index < -0.39 is 0 Å². The van der Waals surface area contributed by atoms with Crippen molar-refractivity contribution in [2.45, 2.75) is 16.2 Å². The molecule has 5 rings (SSSR count). The Morgan fingerprint density at radius 1 is 0.806 bits per heavy atom. The number of rotatable bonds is 4. The number of piperazine rings is 1. The van der Waals surface area contributed by atoms with Crippen LogP contribution in [0.5, 0.6) is 0 Å². The highest BCUT2D eigenvalue weighted by Crippen LogP contribution is 2.47. The quantitative estimate of drug-likeness (QED) is 0.616. The van der Waals surface area contributed by atoms with Crippen LogP contribution < -0.4 is 4.90 Å². The van der Waals surface area contributed by atoms with Gasteiger partial charge in [0.1, 0.15) is 0 Å². The Balaban J connectivity index is 1.22. The van der Waals surface area contributed by atoms with Gasteiger partial charge < -0.3 is 19.1 Å². The molecule has 2 amide bonds. The molecule has 3 aromatic rings. The summed E-state index contributed by atoms with van der Waals surface area (Å²) in [4.78, 5) is 33.6. The summed E-state index contributed by atoms with van der Waals surface area (Å²) in [6.45, 7) is 2.77. The van der Waals surface area contributed by atoms with Crippen LogP contribution in [0, 0.1) is 0 Å². The summed E-state index contributed by atoms with van der Waals surface area (Å²) >= 11 is 1.77. The predicted octanol–water partition coefficient (Wildman–Crippen LogP) is 4.26. The molecule has 0 spiro atoms. The van der Waals surface area contributed by atoms with Crippen molar-refractivity contribution in [3.63, 3.8) is 0 Å². The minimum absolute atomic E-state index is 0.115. The molecule has 158 valence electrons. The lowest BCUT2D eigenvalue weighted by Crippen LogP contribution is -2.50. The molecule has 7 heteroatoms. The molecule has 31 heavy (non-hydrogen) atoms. The van der Waals surface area contributed by atoms with Gasteiger partial charge in [0.2, 0.25) is 5.91 Å². The molecule has 0 bridgehead atoms. The number of fused-ring (bicyclic) bond motifs is 2. The lowest BCUT2D eigenvalue weighted by molar-refractivity contribution is -0.132. The second-order valence-corrected chi connectivity index (χ2v) is 8.67. The minimum atomic E-state index is -0.115. The lowest BCUT2D eigenvalue weighted by Gasteiger charge is -2.36. The average Bonchev–Trinajstić information content (AvgIpc) is 3.36. The van der Waals surface area contributed by atoms with Crippen LogP contribution in [0.1, 0.15) is 17.0 Å². The van der Waals surface area contributed by atoms with Crippen LogP contribution in [0.2, 0.25) is 0 Å². The molecule has 1 fully saturated rings. The van der Waals surface area contributed by atoms with Crippen molar-refractivity contribution in [1.29, 1.82) is 0 Å². The van der Waals surface area contributed by atoms with Crippen molar-refractivity contribution < 1.29 is 14.0 Å². The van der Waals surface area contributed by atoms with E-state index in [1.807, 2.05) is 29.2 Å². The van der Waals surface area contributed by atoms with Crippen molar-refractivity contribution in [2.24, 2.45) is 0 Å². The fourth-order valence-electron chi connectivity index (χ4n) is 4.10. The summed E-state index contributed by atoms with van der Waals surface area (Å²) in [7, 11) is 0. The zero-order valence-electron chi connectivity index (χ0n) is 17.1. The third kappa shape index (κ3) is 3.93. The van der Waals surface area contributed by atoms with E-state index in [0.29, 0.717) is 44.9 Å². The van der Waals surface area contributed by atoms with Gasteiger partial charge in [-0.15, -0.1) is 0 Å². The number of carbonyl (C=O) groups excluding carboxylic acids is 2. The normalized spacial score (nSPS) is 15.4. The molecule has 2 aromatic carbocycles. The Labute approximate surface area is 185 Å². The number of para-hydroxylation sites is 2. The maximum absolute atomic E-state index is 12.9. The molecular formula is C24H23N3O3S. The van der Waals surface area contributed by atoms with Crippen LogP contribution in [0.15, 0.2) is 81.1 Å². The van der Waals surface area contributed by atoms with E-state index in [2.05, 4.69) is 29.2 Å². The van der Waals surface area contributed by atoms with Gasteiger partial charge in [-0.05, 0) is 36.4 Å². The summed E-state index contributed by atoms with van der Waals surface area (Å²) in [5.74, 6) is 0.356. The van der Waals surface area contributed by atoms with E-state index in [1.54, 1.807) is 28.8 Å². The van der Waals surface area contributed by atoms with Gasteiger partial charge in [-0.1, -0.05) is 36.0 Å². The Morgan fingerprint density at radius 2 is 1.42 bits per heavy atom. The van der Waals surface area contributed by atoms with Crippen LogP contribution in [0.3, 0.4) is 0 Å². The first kappa shape index (κ1) is 19.8. The summed E-state index contributed by atoms with van der Waals surface area (Å²) in [6.07, 6.45) is 1.93. The van der Waals surface area contributed by atoms with Gasteiger partial charge in [-0.3, -0.25) is 9.59 Å². The SMILES string of the molecule is O=C(CCN1c2ccccc2Sc2ccccc21)N1CCN(C(=O)c2ccco2)CC1. The van der Waals surface area contributed by atoms with Crippen molar-refractivity contribution in [1.82, 2.24) is 9.80 Å². The summed E-state index contributed by atoms with van der Waals surface area (Å²) in [5, 5.41) is 0. The maximum Gasteiger partial charge on any atom is 0.289 e. The molecule has 2 aliphatic rings.